The van der Waals surface area contributed by atoms with Gasteiger partial charge in [-0.2, -0.15) is 0 Å². The first-order valence-corrected chi connectivity index (χ1v) is 14.8. The van der Waals surface area contributed by atoms with Crippen LogP contribution in [0.4, 0.5) is 9.59 Å². The number of rotatable bonds is 10. The van der Waals surface area contributed by atoms with Gasteiger partial charge in [-0.15, -0.1) is 0 Å². The molecule has 6 heteroatoms. The Morgan fingerprint density at radius 3 is 1.48 bits per heavy atom. The van der Waals surface area contributed by atoms with Crippen molar-refractivity contribution in [2.24, 2.45) is 0 Å². The lowest BCUT2D eigenvalue weighted by Gasteiger charge is -2.17. The van der Waals surface area contributed by atoms with E-state index in [9.17, 15) is 9.59 Å². The summed E-state index contributed by atoms with van der Waals surface area (Å²) in [6.07, 6.45) is 1.63. The molecule has 0 spiro atoms. The van der Waals surface area contributed by atoms with Crippen molar-refractivity contribution in [2.75, 3.05) is 19.8 Å². The molecule has 0 saturated carbocycles. The molecule has 4 aromatic rings. The summed E-state index contributed by atoms with van der Waals surface area (Å²) in [7, 11) is 0. The van der Waals surface area contributed by atoms with Crippen molar-refractivity contribution in [3.63, 3.8) is 0 Å². The molecular formula is C36H36N2O4. The van der Waals surface area contributed by atoms with Gasteiger partial charge in [-0.05, 0) is 70.7 Å². The van der Waals surface area contributed by atoms with Gasteiger partial charge < -0.3 is 20.1 Å². The molecule has 0 fully saturated rings. The van der Waals surface area contributed by atoms with Crippen LogP contribution in [0.3, 0.4) is 0 Å². The zero-order valence-corrected chi connectivity index (χ0v) is 23.8. The van der Waals surface area contributed by atoms with Crippen LogP contribution in [0.5, 0.6) is 0 Å². The molecule has 2 amide bonds. The third-order valence-corrected chi connectivity index (χ3v) is 8.38. The van der Waals surface area contributed by atoms with E-state index >= 15 is 0 Å². The second-order valence-electron chi connectivity index (χ2n) is 11.1. The molecule has 0 saturated heterocycles. The first-order chi connectivity index (χ1) is 20.6. The van der Waals surface area contributed by atoms with Gasteiger partial charge in [0.05, 0.1) is 0 Å². The Labute approximate surface area is 247 Å². The lowest BCUT2D eigenvalue weighted by atomic mass is 9.98. The number of carbonyl (C=O) groups excluding carboxylic acids is 2. The maximum atomic E-state index is 12.5. The van der Waals surface area contributed by atoms with Crippen molar-refractivity contribution in [3.8, 4) is 22.3 Å². The van der Waals surface area contributed by atoms with Crippen molar-refractivity contribution < 1.29 is 19.1 Å². The zero-order chi connectivity index (χ0) is 28.9. The number of amides is 2. The number of ether oxygens (including phenoxy) is 2. The molecule has 2 aliphatic carbocycles. The Morgan fingerprint density at radius 2 is 1.02 bits per heavy atom. The highest BCUT2D eigenvalue weighted by Gasteiger charge is 2.30. The van der Waals surface area contributed by atoms with Crippen molar-refractivity contribution in [3.05, 3.63) is 119 Å². The molecule has 4 aromatic carbocycles. The molecule has 2 N–H and O–H groups in total. The van der Waals surface area contributed by atoms with Crippen LogP contribution in [-0.4, -0.2) is 38.0 Å². The van der Waals surface area contributed by atoms with Gasteiger partial charge in [0.15, 0.2) is 0 Å². The van der Waals surface area contributed by atoms with E-state index in [-0.39, 0.29) is 17.9 Å². The molecule has 1 unspecified atom stereocenters. The van der Waals surface area contributed by atoms with Gasteiger partial charge in [-0.3, -0.25) is 0 Å². The Kier molecular flexibility index (Phi) is 8.22. The first kappa shape index (κ1) is 27.6. The minimum Gasteiger partial charge on any atom is -0.449 e. The summed E-state index contributed by atoms with van der Waals surface area (Å²) < 4.78 is 11.3. The lowest BCUT2D eigenvalue weighted by Crippen LogP contribution is -2.34. The first-order valence-electron chi connectivity index (χ1n) is 14.8. The predicted octanol–water partition coefficient (Wildman–Crippen LogP) is 7.62. The topological polar surface area (TPSA) is 76.7 Å². The quantitative estimate of drug-likeness (QED) is 0.196. The van der Waals surface area contributed by atoms with E-state index in [0.717, 1.165) is 19.3 Å². The maximum absolute atomic E-state index is 12.5. The Bertz CT molecular complexity index is 1490. The molecule has 0 heterocycles. The number of benzene rings is 4. The van der Waals surface area contributed by atoms with Crippen molar-refractivity contribution >= 4 is 12.2 Å². The van der Waals surface area contributed by atoms with Gasteiger partial charge in [-0.1, -0.05) is 97.1 Å². The standard InChI is InChI=1S/C36H36N2O4/c1-24(38-36(40)42-23-34-31-19-8-4-15-27(31)28-16-5-9-20-32(28)34)12-10-11-21-37-35(39)41-22-33-29-17-6-2-13-25(29)26-14-3-7-18-30(26)33/h2-9,13-20,24,33-34H,10-12,21-23H2,1H3,(H,37,39)(H,38,40). The highest BCUT2D eigenvalue weighted by atomic mass is 16.6. The van der Waals surface area contributed by atoms with E-state index in [1.54, 1.807) is 0 Å². The molecule has 6 nitrogen and oxygen atoms in total. The molecule has 0 aliphatic heterocycles. The van der Waals surface area contributed by atoms with E-state index < -0.39 is 12.2 Å². The average Bonchev–Trinajstić information content (AvgIpc) is 3.51. The fourth-order valence-corrected chi connectivity index (χ4v) is 6.33. The minimum absolute atomic E-state index is 0.0323. The van der Waals surface area contributed by atoms with Crippen LogP contribution in [0, 0.1) is 0 Å². The van der Waals surface area contributed by atoms with Gasteiger partial charge in [0.1, 0.15) is 13.2 Å². The van der Waals surface area contributed by atoms with E-state index in [1.807, 2.05) is 55.5 Å². The highest BCUT2D eigenvalue weighted by molar-refractivity contribution is 5.80. The van der Waals surface area contributed by atoms with Crippen LogP contribution in [0.2, 0.25) is 0 Å². The van der Waals surface area contributed by atoms with Gasteiger partial charge in [0.2, 0.25) is 0 Å². The zero-order valence-electron chi connectivity index (χ0n) is 23.8. The summed E-state index contributed by atoms with van der Waals surface area (Å²) in [4.78, 5) is 24.9. The monoisotopic (exact) mass is 560 g/mol. The summed E-state index contributed by atoms with van der Waals surface area (Å²) in [5.41, 5.74) is 9.64. The molecule has 0 bridgehead atoms. The molecule has 0 radical (unpaired) electrons. The van der Waals surface area contributed by atoms with Gasteiger partial charge >= 0.3 is 12.2 Å². The summed E-state index contributed by atoms with van der Waals surface area (Å²) in [5, 5.41) is 5.81. The van der Waals surface area contributed by atoms with Crippen molar-refractivity contribution in [2.45, 2.75) is 44.1 Å². The highest BCUT2D eigenvalue weighted by Crippen LogP contribution is 2.45. The molecular weight excluding hydrogens is 524 g/mol. The number of hydrogen-bond donors (Lipinski definition) is 2. The number of fused-ring (bicyclic) bond motifs is 6. The molecule has 1 atom stereocenters. The van der Waals surface area contributed by atoms with Gasteiger partial charge in [0.25, 0.3) is 0 Å². The number of unbranched alkanes of at least 4 members (excludes halogenated alkanes) is 1. The summed E-state index contributed by atoms with van der Waals surface area (Å²) in [5.74, 6) is 0.0930. The SMILES string of the molecule is CC(CCCCNC(=O)OCC1c2ccccc2-c2ccccc21)NC(=O)OCC1c2ccccc2-c2ccccc21. The van der Waals surface area contributed by atoms with Crippen LogP contribution in [-0.2, 0) is 9.47 Å². The third-order valence-electron chi connectivity index (χ3n) is 8.38. The number of hydrogen-bond acceptors (Lipinski definition) is 4. The minimum atomic E-state index is -0.402. The second kappa shape index (κ2) is 12.5. The van der Waals surface area contributed by atoms with Crippen molar-refractivity contribution in [1.29, 1.82) is 0 Å². The number of alkyl carbamates (subject to hydrolysis) is 2. The summed E-state index contributed by atoms with van der Waals surface area (Å²) >= 11 is 0. The number of carbonyl (C=O) groups is 2. The van der Waals surface area contributed by atoms with Crippen molar-refractivity contribution in [1.82, 2.24) is 10.6 Å². The van der Waals surface area contributed by atoms with E-state index in [0.29, 0.717) is 19.8 Å². The predicted molar refractivity (Wildman–Crippen MR) is 165 cm³/mol. The van der Waals surface area contributed by atoms with Crippen LogP contribution >= 0.6 is 0 Å². The summed E-state index contributed by atoms with van der Waals surface area (Å²) in [6, 6.07) is 33.2. The molecule has 0 aromatic heterocycles. The molecule has 214 valence electrons. The lowest BCUT2D eigenvalue weighted by molar-refractivity contribution is 0.139. The molecule has 42 heavy (non-hydrogen) atoms. The largest absolute Gasteiger partial charge is 0.449 e. The van der Waals surface area contributed by atoms with Gasteiger partial charge in [0, 0.05) is 24.4 Å². The Morgan fingerprint density at radius 1 is 0.619 bits per heavy atom. The fourth-order valence-electron chi connectivity index (χ4n) is 6.33. The summed E-state index contributed by atoms with van der Waals surface area (Å²) in [6.45, 7) is 3.10. The Hall–Kier alpha value is -4.58. The normalized spacial score (nSPS) is 13.8. The van der Waals surface area contributed by atoms with Gasteiger partial charge in [-0.25, -0.2) is 9.59 Å². The Balaban J connectivity index is 0.886. The van der Waals surface area contributed by atoms with Crippen LogP contribution in [0.15, 0.2) is 97.1 Å². The maximum Gasteiger partial charge on any atom is 0.407 e. The second-order valence-corrected chi connectivity index (χ2v) is 11.1. The third kappa shape index (κ3) is 5.75. The van der Waals surface area contributed by atoms with E-state index in [1.165, 1.54) is 44.5 Å². The molecule has 6 rings (SSSR count). The van der Waals surface area contributed by atoms with E-state index in [2.05, 4.69) is 59.2 Å². The van der Waals surface area contributed by atoms with Crippen LogP contribution < -0.4 is 10.6 Å². The smallest absolute Gasteiger partial charge is 0.407 e. The average molecular weight is 561 g/mol. The fraction of sp³-hybridized carbons (Fsp3) is 0.278. The van der Waals surface area contributed by atoms with E-state index in [4.69, 9.17) is 9.47 Å². The molecule has 2 aliphatic rings. The van der Waals surface area contributed by atoms with Crippen LogP contribution in [0.1, 0.15) is 60.3 Å². The number of nitrogens with one attached hydrogen (secondary N) is 2. The van der Waals surface area contributed by atoms with Crippen LogP contribution in [0.25, 0.3) is 22.3 Å².